The van der Waals surface area contributed by atoms with Gasteiger partial charge in [-0.1, -0.05) is 27.7 Å². The Hall–Kier alpha value is -0.790. The lowest BCUT2D eigenvalue weighted by atomic mass is 9.89. The van der Waals surface area contributed by atoms with Gasteiger partial charge in [0.2, 0.25) is 0 Å². The molecule has 0 bridgehead atoms. The first-order chi connectivity index (χ1) is 5.46. The predicted molar refractivity (Wildman–Crippen MR) is 51.3 cm³/mol. The summed E-state index contributed by atoms with van der Waals surface area (Å²) in [5.41, 5.74) is 2.92. The van der Waals surface area contributed by atoms with Crippen LogP contribution < -0.4 is 0 Å². The van der Waals surface area contributed by atoms with E-state index < -0.39 is 0 Å². The molecule has 0 unspecified atom stereocenters. The third-order valence-corrected chi connectivity index (χ3v) is 2.11. The van der Waals surface area contributed by atoms with Gasteiger partial charge in [0.05, 0.1) is 6.20 Å². The van der Waals surface area contributed by atoms with E-state index in [9.17, 15) is 0 Å². The summed E-state index contributed by atoms with van der Waals surface area (Å²) in [6.07, 6.45) is 3.04. The number of rotatable bonds is 1. The normalized spacial score (nSPS) is 12.1. The molecular formula is C10H18N2. The summed E-state index contributed by atoms with van der Waals surface area (Å²) in [5, 5.41) is 4.27. The Balaban J connectivity index is 3.19. The molecule has 1 heterocycles. The summed E-state index contributed by atoms with van der Waals surface area (Å²) in [4.78, 5) is 0. The molecule has 2 nitrogen and oxygen atoms in total. The van der Waals surface area contributed by atoms with Gasteiger partial charge in [-0.05, 0) is 12.0 Å². The van der Waals surface area contributed by atoms with Gasteiger partial charge in [0.1, 0.15) is 0 Å². The van der Waals surface area contributed by atoms with Gasteiger partial charge in [0.15, 0.2) is 0 Å². The third-order valence-electron chi connectivity index (χ3n) is 2.11. The van der Waals surface area contributed by atoms with Gasteiger partial charge in [0.25, 0.3) is 0 Å². The average Bonchev–Trinajstić information content (AvgIpc) is 2.29. The summed E-state index contributed by atoms with van der Waals surface area (Å²) in [6.45, 7) is 8.85. The molecule has 0 aliphatic heterocycles. The molecule has 0 aliphatic carbocycles. The van der Waals surface area contributed by atoms with Crippen molar-refractivity contribution >= 4 is 0 Å². The van der Waals surface area contributed by atoms with Gasteiger partial charge in [0, 0.05) is 18.2 Å². The molecule has 1 aromatic rings. The first-order valence-electron chi connectivity index (χ1n) is 4.48. The van der Waals surface area contributed by atoms with E-state index in [1.54, 1.807) is 0 Å². The van der Waals surface area contributed by atoms with Crippen LogP contribution in [0.3, 0.4) is 0 Å². The minimum absolute atomic E-state index is 0.205. The van der Waals surface area contributed by atoms with Crippen molar-refractivity contribution < 1.29 is 0 Å². The van der Waals surface area contributed by atoms with Crippen LogP contribution in [-0.4, -0.2) is 9.78 Å². The fourth-order valence-corrected chi connectivity index (χ4v) is 1.71. The van der Waals surface area contributed by atoms with Crippen molar-refractivity contribution in [1.82, 2.24) is 9.78 Å². The van der Waals surface area contributed by atoms with E-state index in [4.69, 9.17) is 0 Å². The maximum absolute atomic E-state index is 4.27. The second-order valence-electron chi connectivity index (χ2n) is 4.25. The fourth-order valence-electron chi connectivity index (χ4n) is 1.71. The molecule has 1 rings (SSSR count). The topological polar surface area (TPSA) is 17.8 Å². The van der Waals surface area contributed by atoms with Gasteiger partial charge < -0.3 is 0 Å². The predicted octanol–water partition coefficient (Wildman–Crippen LogP) is 2.28. The van der Waals surface area contributed by atoms with Crippen LogP contribution in [0.2, 0.25) is 0 Å². The number of aromatic nitrogens is 2. The van der Waals surface area contributed by atoms with Crippen molar-refractivity contribution in [2.24, 2.45) is 7.05 Å². The molecule has 68 valence electrons. The van der Waals surface area contributed by atoms with E-state index in [0.717, 1.165) is 6.42 Å². The average molecular weight is 166 g/mol. The van der Waals surface area contributed by atoms with Crippen LogP contribution >= 0.6 is 0 Å². The van der Waals surface area contributed by atoms with Crippen LogP contribution in [0, 0.1) is 0 Å². The number of aryl methyl sites for hydroxylation is 2. The van der Waals surface area contributed by atoms with Crippen molar-refractivity contribution in [3.05, 3.63) is 17.5 Å². The Kier molecular flexibility index (Phi) is 2.27. The van der Waals surface area contributed by atoms with Gasteiger partial charge in [-0.25, -0.2) is 0 Å². The van der Waals surface area contributed by atoms with Crippen molar-refractivity contribution in [1.29, 1.82) is 0 Å². The largest absolute Gasteiger partial charge is 0.272 e. The molecule has 0 fully saturated rings. The molecule has 2 heteroatoms. The quantitative estimate of drug-likeness (QED) is 0.626. The molecule has 0 aliphatic rings. The van der Waals surface area contributed by atoms with E-state index in [1.807, 2.05) is 17.9 Å². The highest BCUT2D eigenvalue weighted by molar-refractivity contribution is 5.24. The molecule has 12 heavy (non-hydrogen) atoms. The standard InChI is InChI=1S/C10H18N2/c1-6-8-7-11-12(5)9(8)10(2,3)4/h7H,6H2,1-5H3. The van der Waals surface area contributed by atoms with E-state index in [2.05, 4.69) is 32.8 Å². The first-order valence-corrected chi connectivity index (χ1v) is 4.48. The molecular weight excluding hydrogens is 148 g/mol. The second kappa shape index (κ2) is 2.92. The SMILES string of the molecule is CCc1cnn(C)c1C(C)(C)C. The molecule has 0 spiro atoms. The summed E-state index contributed by atoms with van der Waals surface area (Å²) in [6, 6.07) is 0. The highest BCUT2D eigenvalue weighted by Crippen LogP contribution is 2.25. The van der Waals surface area contributed by atoms with Gasteiger partial charge in [-0.3, -0.25) is 4.68 Å². The Labute approximate surface area is 74.6 Å². The minimum atomic E-state index is 0.205. The van der Waals surface area contributed by atoms with Crippen molar-refractivity contribution in [3.8, 4) is 0 Å². The van der Waals surface area contributed by atoms with Gasteiger partial charge >= 0.3 is 0 Å². The number of hydrogen-bond donors (Lipinski definition) is 0. The number of nitrogens with zero attached hydrogens (tertiary/aromatic N) is 2. The Bertz CT molecular complexity index is 266. The fraction of sp³-hybridized carbons (Fsp3) is 0.700. The molecule has 0 amide bonds. The van der Waals surface area contributed by atoms with Crippen LogP contribution in [0.1, 0.15) is 39.0 Å². The lowest BCUT2D eigenvalue weighted by molar-refractivity contribution is 0.518. The summed E-state index contributed by atoms with van der Waals surface area (Å²) in [5.74, 6) is 0. The van der Waals surface area contributed by atoms with E-state index in [1.165, 1.54) is 11.3 Å². The van der Waals surface area contributed by atoms with Crippen LogP contribution in [-0.2, 0) is 18.9 Å². The van der Waals surface area contributed by atoms with Crippen molar-refractivity contribution in [2.75, 3.05) is 0 Å². The molecule has 0 aromatic carbocycles. The van der Waals surface area contributed by atoms with Crippen LogP contribution in [0.25, 0.3) is 0 Å². The lowest BCUT2D eigenvalue weighted by Crippen LogP contribution is -2.18. The van der Waals surface area contributed by atoms with E-state index in [0.29, 0.717) is 0 Å². The van der Waals surface area contributed by atoms with E-state index >= 15 is 0 Å². The van der Waals surface area contributed by atoms with Gasteiger partial charge in [-0.2, -0.15) is 5.10 Å². The van der Waals surface area contributed by atoms with Crippen molar-refractivity contribution in [3.63, 3.8) is 0 Å². The molecule has 0 N–H and O–H groups in total. The summed E-state index contributed by atoms with van der Waals surface area (Å²) >= 11 is 0. The Morgan fingerprint density at radius 3 is 2.33 bits per heavy atom. The maximum atomic E-state index is 4.27. The molecule has 0 saturated heterocycles. The van der Waals surface area contributed by atoms with Crippen LogP contribution in [0.5, 0.6) is 0 Å². The number of hydrogen-bond acceptors (Lipinski definition) is 1. The summed E-state index contributed by atoms with van der Waals surface area (Å²) in [7, 11) is 2.01. The maximum Gasteiger partial charge on any atom is 0.0524 e. The molecule has 0 radical (unpaired) electrons. The molecule has 0 saturated carbocycles. The Morgan fingerprint density at radius 1 is 1.42 bits per heavy atom. The third kappa shape index (κ3) is 1.52. The zero-order valence-corrected chi connectivity index (χ0v) is 8.68. The van der Waals surface area contributed by atoms with Crippen molar-refractivity contribution in [2.45, 2.75) is 39.5 Å². The zero-order chi connectivity index (χ0) is 9.35. The highest BCUT2D eigenvalue weighted by atomic mass is 15.3. The minimum Gasteiger partial charge on any atom is -0.272 e. The smallest absolute Gasteiger partial charge is 0.0524 e. The van der Waals surface area contributed by atoms with Crippen LogP contribution in [0.15, 0.2) is 6.20 Å². The summed E-state index contributed by atoms with van der Waals surface area (Å²) < 4.78 is 1.98. The zero-order valence-electron chi connectivity index (χ0n) is 8.68. The molecule has 1 aromatic heterocycles. The van der Waals surface area contributed by atoms with Gasteiger partial charge in [-0.15, -0.1) is 0 Å². The first kappa shape index (κ1) is 9.30. The monoisotopic (exact) mass is 166 g/mol. The Morgan fingerprint density at radius 2 is 2.00 bits per heavy atom. The van der Waals surface area contributed by atoms with Crippen LogP contribution in [0.4, 0.5) is 0 Å². The highest BCUT2D eigenvalue weighted by Gasteiger charge is 2.21. The van der Waals surface area contributed by atoms with E-state index in [-0.39, 0.29) is 5.41 Å². The lowest BCUT2D eigenvalue weighted by Gasteiger charge is -2.20. The molecule has 0 atom stereocenters. The second-order valence-corrected chi connectivity index (χ2v) is 4.25.